The largest absolute Gasteiger partial charge is 0.356 e. The highest BCUT2D eigenvalue weighted by Crippen LogP contribution is 2.25. The monoisotopic (exact) mass is 399 g/mol. The molecule has 1 aliphatic heterocycles. The lowest BCUT2D eigenvalue weighted by atomic mass is 10.1. The average Bonchev–Trinajstić information content (AvgIpc) is 3.31. The van der Waals surface area contributed by atoms with Crippen LogP contribution in [0.4, 0.5) is 20.4 Å². The van der Waals surface area contributed by atoms with Gasteiger partial charge >= 0.3 is 0 Å². The number of nitrogens with one attached hydrogen (secondary N) is 2. The van der Waals surface area contributed by atoms with Crippen LogP contribution in [0.25, 0.3) is 11.3 Å². The number of hydrogen-bond acceptors (Lipinski definition) is 6. The van der Waals surface area contributed by atoms with Crippen molar-refractivity contribution < 1.29 is 13.6 Å². The maximum Gasteiger partial charge on any atom is 0.280 e. The van der Waals surface area contributed by atoms with Crippen molar-refractivity contribution in [3.63, 3.8) is 0 Å². The first-order valence-corrected chi connectivity index (χ1v) is 9.13. The highest BCUT2D eigenvalue weighted by molar-refractivity contribution is 5.78. The summed E-state index contributed by atoms with van der Waals surface area (Å²) in [4.78, 5) is 19.2. The first-order chi connectivity index (χ1) is 14.0. The van der Waals surface area contributed by atoms with E-state index in [-0.39, 0.29) is 23.5 Å². The fourth-order valence-electron chi connectivity index (χ4n) is 3.26. The molecule has 1 amide bonds. The van der Waals surface area contributed by atoms with Crippen LogP contribution in [0.3, 0.4) is 0 Å². The molecule has 1 saturated heterocycles. The van der Waals surface area contributed by atoms with Crippen LogP contribution in [0.5, 0.6) is 0 Å². The van der Waals surface area contributed by atoms with E-state index >= 15 is 0 Å². The number of carbonyl (C=O) groups excluding carboxylic acids is 1. The van der Waals surface area contributed by atoms with Gasteiger partial charge in [-0.15, -0.1) is 5.10 Å². The van der Waals surface area contributed by atoms with Gasteiger partial charge < -0.3 is 10.6 Å². The Morgan fingerprint density at radius 2 is 2.21 bits per heavy atom. The molecule has 1 fully saturated rings. The summed E-state index contributed by atoms with van der Waals surface area (Å²) in [7, 11) is 0. The maximum absolute atomic E-state index is 12.8. The van der Waals surface area contributed by atoms with Gasteiger partial charge in [-0.1, -0.05) is 5.21 Å². The molecule has 1 aliphatic rings. The third-order valence-electron chi connectivity index (χ3n) is 4.58. The molecule has 8 nitrogen and oxygen atoms in total. The van der Waals surface area contributed by atoms with E-state index in [1.165, 1.54) is 12.3 Å². The summed E-state index contributed by atoms with van der Waals surface area (Å²) < 4.78 is 27.4. The zero-order chi connectivity index (χ0) is 20.4. The molecule has 3 heterocycles. The van der Waals surface area contributed by atoms with Crippen LogP contribution in [-0.4, -0.2) is 37.4 Å². The molecule has 4 rings (SSSR count). The molecular formula is C19H19F2N7O. The van der Waals surface area contributed by atoms with E-state index in [1.54, 1.807) is 4.68 Å². The van der Waals surface area contributed by atoms with Gasteiger partial charge in [0.1, 0.15) is 11.4 Å². The molecule has 0 spiro atoms. The number of aromatic nitrogens is 5. The fourth-order valence-corrected chi connectivity index (χ4v) is 3.26. The van der Waals surface area contributed by atoms with Crippen LogP contribution < -0.4 is 10.6 Å². The minimum absolute atomic E-state index is 0.0582. The quantitative estimate of drug-likeness (QED) is 0.662. The van der Waals surface area contributed by atoms with Crippen LogP contribution in [0, 0.1) is 12.8 Å². The number of amides is 1. The van der Waals surface area contributed by atoms with E-state index in [9.17, 15) is 13.6 Å². The fraction of sp³-hybridized carbons (Fsp3) is 0.316. The van der Waals surface area contributed by atoms with Gasteiger partial charge in [0.15, 0.2) is 0 Å². The number of aryl methyl sites for hydroxylation is 1. The summed E-state index contributed by atoms with van der Waals surface area (Å²) in [6.07, 6.45) is 0.953. The van der Waals surface area contributed by atoms with Crippen molar-refractivity contribution in [2.45, 2.75) is 26.3 Å². The molecular weight excluding hydrogens is 380 g/mol. The number of rotatable bonds is 6. The molecule has 0 saturated carbocycles. The van der Waals surface area contributed by atoms with Crippen molar-refractivity contribution in [2.24, 2.45) is 5.92 Å². The highest BCUT2D eigenvalue weighted by Gasteiger charge is 2.22. The zero-order valence-corrected chi connectivity index (χ0v) is 15.6. The molecule has 2 aromatic heterocycles. The summed E-state index contributed by atoms with van der Waals surface area (Å²) >= 11 is 0. The lowest BCUT2D eigenvalue weighted by Gasteiger charge is -2.09. The average molecular weight is 399 g/mol. The van der Waals surface area contributed by atoms with Crippen molar-refractivity contribution in [2.75, 3.05) is 11.9 Å². The number of hydrogen-bond donors (Lipinski definition) is 2. The molecule has 0 radical (unpaired) electrons. The third kappa shape index (κ3) is 4.53. The third-order valence-corrected chi connectivity index (χ3v) is 4.58. The Bertz CT molecular complexity index is 1040. The normalized spacial score (nSPS) is 16.3. The van der Waals surface area contributed by atoms with Crippen LogP contribution >= 0.6 is 0 Å². The minimum atomic E-state index is -2.66. The second-order valence-corrected chi connectivity index (χ2v) is 7.02. The minimum Gasteiger partial charge on any atom is -0.356 e. The van der Waals surface area contributed by atoms with E-state index in [0.717, 1.165) is 11.1 Å². The van der Waals surface area contributed by atoms with E-state index in [4.69, 9.17) is 0 Å². The molecule has 3 aromatic rings. The molecule has 29 heavy (non-hydrogen) atoms. The predicted octanol–water partition coefficient (Wildman–Crippen LogP) is 2.86. The molecule has 0 unspecified atom stereocenters. The van der Waals surface area contributed by atoms with E-state index in [1.807, 2.05) is 31.3 Å². The zero-order valence-electron chi connectivity index (χ0n) is 15.6. The smallest absolute Gasteiger partial charge is 0.280 e. The van der Waals surface area contributed by atoms with Gasteiger partial charge in [-0.05, 0) is 36.8 Å². The molecule has 0 bridgehead atoms. The Labute approximate surface area is 165 Å². The molecule has 150 valence electrons. The molecule has 2 N–H and O–H groups in total. The topological polar surface area (TPSA) is 97.6 Å². The van der Waals surface area contributed by atoms with Crippen molar-refractivity contribution in [1.82, 2.24) is 30.3 Å². The number of anilines is 2. The van der Waals surface area contributed by atoms with Gasteiger partial charge in [0.25, 0.3) is 6.43 Å². The predicted molar refractivity (Wildman–Crippen MR) is 102 cm³/mol. The molecule has 1 aromatic carbocycles. The number of halogens is 2. The van der Waals surface area contributed by atoms with Gasteiger partial charge in [-0.2, -0.15) is 0 Å². The van der Waals surface area contributed by atoms with Crippen molar-refractivity contribution >= 4 is 17.5 Å². The van der Waals surface area contributed by atoms with Gasteiger partial charge in [0.2, 0.25) is 11.9 Å². The first kappa shape index (κ1) is 18.9. The van der Waals surface area contributed by atoms with Gasteiger partial charge in [0, 0.05) is 42.9 Å². The summed E-state index contributed by atoms with van der Waals surface area (Å²) in [5.74, 6) is 0.357. The van der Waals surface area contributed by atoms with E-state index < -0.39 is 6.43 Å². The van der Waals surface area contributed by atoms with Gasteiger partial charge in [-0.3, -0.25) is 9.48 Å². The number of benzene rings is 1. The van der Waals surface area contributed by atoms with Crippen molar-refractivity contribution in [3.8, 4) is 11.3 Å². The summed E-state index contributed by atoms with van der Waals surface area (Å²) in [5, 5.41) is 14.2. The summed E-state index contributed by atoms with van der Waals surface area (Å²) in [6, 6.07) is 6.84. The second kappa shape index (κ2) is 7.90. The van der Waals surface area contributed by atoms with Crippen LogP contribution in [0.1, 0.15) is 24.1 Å². The second-order valence-electron chi connectivity index (χ2n) is 7.02. The van der Waals surface area contributed by atoms with Crippen LogP contribution in [-0.2, 0) is 11.3 Å². The highest BCUT2D eigenvalue weighted by atomic mass is 19.3. The number of carbonyl (C=O) groups is 1. The number of alkyl halides is 2. The summed E-state index contributed by atoms with van der Waals surface area (Å²) in [6.45, 7) is 3.17. The van der Waals surface area contributed by atoms with Gasteiger partial charge in [-0.25, -0.2) is 18.7 Å². The van der Waals surface area contributed by atoms with Crippen LogP contribution in [0.15, 0.2) is 36.7 Å². The molecule has 0 aliphatic carbocycles. The lowest BCUT2D eigenvalue weighted by molar-refractivity contribution is -0.119. The van der Waals surface area contributed by atoms with Crippen molar-refractivity contribution in [3.05, 3.63) is 47.9 Å². The summed E-state index contributed by atoms with van der Waals surface area (Å²) in [5.41, 5.74) is 2.78. The Morgan fingerprint density at radius 3 is 2.97 bits per heavy atom. The van der Waals surface area contributed by atoms with Crippen molar-refractivity contribution in [1.29, 1.82) is 0 Å². The Balaban J connectivity index is 1.53. The Morgan fingerprint density at radius 1 is 1.34 bits per heavy atom. The van der Waals surface area contributed by atoms with E-state index in [0.29, 0.717) is 30.9 Å². The standard InChI is InChI=1S/C19H19F2N7O/c1-11-4-13(16-10-28(27-26-16)9-12-6-17(29)23-8-12)7-14(5-11)24-19-22-3-2-15(25-19)18(20)21/h2-5,7,10,12,18H,6,8-9H2,1H3,(H,23,29)(H,22,24,25)/t12-/m0/s1. The maximum atomic E-state index is 12.8. The number of nitrogens with zero attached hydrogens (tertiary/aromatic N) is 5. The Hall–Kier alpha value is -3.43. The molecule has 1 atom stereocenters. The van der Waals surface area contributed by atoms with Crippen LogP contribution in [0.2, 0.25) is 0 Å². The molecule has 10 heteroatoms. The lowest BCUT2D eigenvalue weighted by Crippen LogP contribution is -2.16. The van der Waals surface area contributed by atoms with Gasteiger partial charge in [0.05, 0.1) is 6.20 Å². The van der Waals surface area contributed by atoms with E-state index in [2.05, 4.69) is 30.9 Å². The first-order valence-electron chi connectivity index (χ1n) is 9.13. The Kier molecular flexibility index (Phi) is 5.15. The SMILES string of the molecule is Cc1cc(Nc2nccc(C(F)F)n2)cc(-c2cn(C[C@@H]3CNC(=O)C3)nn2)c1.